The summed E-state index contributed by atoms with van der Waals surface area (Å²) in [4.78, 5) is 4.58. The van der Waals surface area contributed by atoms with Gasteiger partial charge < -0.3 is 9.13 Å². The maximum atomic E-state index is 6.01. The van der Waals surface area contributed by atoms with Crippen LogP contribution in [0.5, 0.6) is 0 Å². The van der Waals surface area contributed by atoms with E-state index in [2.05, 4.69) is 32.7 Å². The van der Waals surface area contributed by atoms with E-state index in [1.807, 2.05) is 23.7 Å². The molecule has 1 aromatic carbocycles. The van der Waals surface area contributed by atoms with Gasteiger partial charge in [0.15, 0.2) is 5.82 Å². The minimum atomic E-state index is 0.381. The van der Waals surface area contributed by atoms with Crippen LogP contribution >= 0.6 is 11.6 Å². The fourth-order valence-corrected chi connectivity index (χ4v) is 2.48. The molecule has 2 aromatic heterocycles. The van der Waals surface area contributed by atoms with Gasteiger partial charge in [0.05, 0.1) is 23.5 Å². The third-order valence-electron chi connectivity index (χ3n) is 3.27. The number of aryl methyl sites for hydroxylation is 2. The van der Waals surface area contributed by atoms with E-state index in [4.69, 9.17) is 11.6 Å². The minimum absolute atomic E-state index is 0.381. The Morgan fingerprint density at radius 1 is 1.26 bits per heavy atom. The van der Waals surface area contributed by atoms with E-state index in [1.54, 1.807) is 6.33 Å². The number of nitrogens with zero attached hydrogens (tertiary/aromatic N) is 5. The van der Waals surface area contributed by atoms with Gasteiger partial charge in [-0.1, -0.05) is 12.1 Å². The molecule has 0 atom stereocenters. The van der Waals surface area contributed by atoms with E-state index in [9.17, 15) is 0 Å². The fourth-order valence-electron chi connectivity index (χ4n) is 2.28. The van der Waals surface area contributed by atoms with Crippen LogP contribution in [0.25, 0.3) is 11.0 Å². The Morgan fingerprint density at radius 2 is 2.11 bits per heavy atom. The van der Waals surface area contributed by atoms with Gasteiger partial charge in [-0.25, -0.2) is 4.98 Å². The molecular formula is C13H14ClN5. The first-order valence-electron chi connectivity index (χ1n) is 6.04. The van der Waals surface area contributed by atoms with Gasteiger partial charge in [-0.05, 0) is 18.6 Å². The highest BCUT2D eigenvalue weighted by molar-refractivity contribution is 6.16. The molecule has 19 heavy (non-hydrogen) atoms. The summed E-state index contributed by atoms with van der Waals surface area (Å²) in [6, 6.07) is 6.09. The standard InChI is InChI=1S/C13H14ClN5/c1-9-4-3-5-10-13(9)19(11(6-14)16-10)7-12-17-15-8-18(12)2/h3-5,8H,6-7H2,1-2H3. The number of halogens is 1. The second-order valence-corrected chi connectivity index (χ2v) is 4.82. The molecular weight excluding hydrogens is 262 g/mol. The Morgan fingerprint density at radius 3 is 2.79 bits per heavy atom. The van der Waals surface area contributed by atoms with E-state index < -0.39 is 0 Å². The van der Waals surface area contributed by atoms with E-state index >= 15 is 0 Å². The lowest BCUT2D eigenvalue weighted by Crippen LogP contribution is -2.09. The SMILES string of the molecule is Cc1cccc2nc(CCl)n(Cc3nncn3C)c12. The number of benzene rings is 1. The summed E-state index contributed by atoms with van der Waals surface area (Å²) >= 11 is 6.01. The first kappa shape index (κ1) is 12.2. The molecule has 6 heteroatoms. The zero-order valence-electron chi connectivity index (χ0n) is 10.8. The number of fused-ring (bicyclic) bond motifs is 1. The second kappa shape index (κ2) is 4.66. The Kier molecular flexibility index (Phi) is 2.98. The van der Waals surface area contributed by atoms with E-state index in [-0.39, 0.29) is 0 Å². The van der Waals surface area contributed by atoms with Crippen LogP contribution < -0.4 is 0 Å². The van der Waals surface area contributed by atoms with Crippen LogP contribution in [0.3, 0.4) is 0 Å². The van der Waals surface area contributed by atoms with Crippen molar-refractivity contribution in [2.75, 3.05) is 0 Å². The number of hydrogen-bond donors (Lipinski definition) is 0. The molecule has 0 saturated carbocycles. The first-order chi connectivity index (χ1) is 9.20. The van der Waals surface area contributed by atoms with E-state index in [0.717, 1.165) is 22.7 Å². The van der Waals surface area contributed by atoms with E-state index in [1.165, 1.54) is 5.56 Å². The third-order valence-corrected chi connectivity index (χ3v) is 3.51. The van der Waals surface area contributed by atoms with Crippen LogP contribution in [0, 0.1) is 6.92 Å². The monoisotopic (exact) mass is 275 g/mol. The van der Waals surface area contributed by atoms with Gasteiger partial charge in [0.2, 0.25) is 0 Å². The van der Waals surface area contributed by atoms with Crippen LogP contribution in [0.2, 0.25) is 0 Å². The highest BCUT2D eigenvalue weighted by Crippen LogP contribution is 2.22. The average molecular weight is 276 g/mol. The topological polar surface area (TPSA) is 48.5 Å². The molecule has 0 spiro atoms. The summed E-state index contributed by atoms with van der Waals surface area (Å²) in [5.74, 6) is 2.12. The Hall–Kier alpha value is -1.88. The van der Waals surface area contributed by atoms with Crippen molar-refractivity contribution in [1.29, 1.82) is 0 Å². The second-order valence-electron chi connectivity index (χ2n) is 4.55. The molecule has 0 N–H and O–H groups in total. The number of para-hydroxylation sites is 1. The van der Waals surface area contributed by atoms with Crippen molar-refractivity contribution < 1.29 is 0 Å². The molecule has 0 aliphatic heterocycles. The number of aromatic nitrogens is 5. The van der Waals surface area contributed by atoms with Gasteiger partial charge in [0.1, 0.15) is 12.2 Å². The molecule has 0 saturated heterocycles. The highest BCUT2D eigenvalue weighted by Gasteiger charge is 2.13. The summed E-state index contributed by atoms with van der Waals surface area (Å²) in [6.07, 6.45) is 1.70. The summed E-state index contributed by atoms with van der Waals surface area (Å²) in [5, 5.41) is 8.03. The van der Waals surface area contributed by atoms with Crippen molar-refractivity contribution in [2.24, 2.45) is 7.05 Å². The van der Waals surface area contributed by atoms with Gasteiger partial charge in [-0.2, -0.15) is 0 Å². The van der Waals surface area contributed by atoms with Crippen LogP contribution in [-0.2, 0) is 19.5 Å². The lowest BCUT2D eigenvalue weighted by Gasteiger charge is -2.08. The van der Waals surface area contributed by atoms with Gasteiger partial charge in [-0.15, -0.1) is 21.8 Å². The fraction of sp³-hybridized carbons (Fsp3) is 0.308. The maximum absolute atomic E-state index is 6.01. The zero-order valence-corrected chi connectivity index (χ0v) is 11.6. The van der Waals surface area contributed by atoms with Crippen LogP contribution in [0.1, 0.15) is 17.2 Å². The maximum Gasteiger partial charge on any atom is 0.152 e. The normalized spacial score (nSPS) is 11.3. The molecule has 0 radical (unpaired) electrons. The Labute approximate surface area is 115 Å². The van der Waals surface area contributed by atoms with E-state index in [0.29, 0.717) is 12.4 Å². The van der Waals surface area contributed by atoms with Crippen molar-refractivity contribution in [1.82, 2.24) is 24.3 Å². The number of rotatable bonds is 3. The summed E-state index contributed by atoms with van der Waals surface area (Å²) < 4.78 is 4.02. The molecule has 0 unspecified atom stereocenters. The molecule has 0 aliphatic carbocycles. The molecule has 0 bridgehead atoms. The van der Waals surface area contributed by atoms with Gasteiger partial charge in [-0.3, -0.25) is 0 Å². The highest BCUT2D eigenvalue weighted by atomic mass is 35.5. The predicted octanol–water partition coefficient (Wildman–Crippen LogP) is 2.26. The minimum Gasteiger partial charge on any atom is -0.319 e. The van der Waals surface area contributed by atoms with Gasteiger partial charge in [0, 0.05) is 7.05 Å². The number of alkyl halides is 1. The summed E-state index contributed by atoms with van der Waals surface area (Å²) in [7, 11) is 1.93. The van der Waals surface area contributed by atoms with Crippen molar-refractivity contribution >= 4 is 22.6 Å². The lowest BCUT2D eigenvalue weighted by molar-refractivity contribution is 0.690. The van der Waals surface area contributed by atoms with Crippen molar-refractivity contribution in [3.63, 3.8) is 0 Å². The first-order valence-corrected chi connectivity index (χ1v) is 6.57. The van der Waals surface area contributed by atoms with Gasteiger partial charge >= 0.3 is 0 Å². The molecule has 3 aromatic rings. The van der Waals surface area contributed by atoms with Crippen molar-refractivity contribution in [2.45, 2.75) is 19.3 Å². The van der Waals surface area contributed by atoms with Crippen molar-refractivity contribution in [3.8, 4) is 0 Å². The average Bonchev–Trinajstić information content (AvgIpc) is 2.96. The molecule has 0 amide bonds. The Balaban J connectivity index is 2.18. The zero-order chi connectivity index (χ0) is 13.4. The molecule has 2 heterocycles. The quantitative estimate of drug-likeness (QED) is 0.689. The smallest absolute Gasteiger partial charge is 0.152 e. The number of imidazole rings is 1. The molecule has 5 nitrogen and oxygen atoms in total. The van der Waals surface area contributed by atoms with Gasteiger partial charge in [0.25, 0.3) is 0 Å². The van der Waals surface area contributed by atoms with Crippen LogP contribution in [0.4, 0.5) is 0 Å². The molecule has 3 rings (SSSR count). The third kappa shape index (κ3) is 2.00. The predicted molar refractivity (Wildman–Crippen MR) is 74.1 cm³/mol. The van der Waals surface area contributed by atoms with Crippen molar-refractivity contribution in [3.05, 3.63) is 41.7 Å². The van der Waals surface area contributed by atoms with Crippen LogP contribution in [0.15, 0.2) is 24.5 Å². The molecule has 0 aliphatic rings. The lowest BCUT2D eigenvalue weighted by atomic mass is 10.2. The molecule has 0 fully saturated rings. The summed E-state index contributed by atoms with van der Waals surface area (Å²) in [5.41, 5.74) is 3.27. The Bertz CT molecular complexity index is 728. The molecule has 98 valence electrons. The number of hydrogen-bond acceptors (Lipinski definition) is 3. The van der Waals surface area contributed by atoms with Crippen LogP contribution in [-0.4, -0.2) is 24.3 Å². The largest absolute Gasteiger partial charge is 0.319 e. The summed E-state index contributed by atoms with van der Waals surface area (Å²) in [6.45, 7) is 2.70.